The molecule has 0 aromatic heterocycles. The van der Waals surface area contributed by atoms with E-state index in [1.165, 1.54) is 0 Å². The van der Waals surface area contributed by atoms with Gasteiger partial charge in [-0.15, -0.1) is 0 Å². The van der Waals surface area contributed by atoms with Gasteiger partial charge in [0.25, 0.3) is 0 Å². The minimum Gasteiger partial charge on any atom is -0.414 e. The summed E-state index contributed by atoms with van der Waals surface area (Å²) < 4.78 is 6.08. The lowest BCUT2D eigenvalue weighted by molar-refractivity contribution is 0.102. The minimum atomic E-state index is -1.57. The Labute approximate surface area is 106 Å². The van der Waals surface area contributed by atoms with Gasteiger partial charge in [0.15, 0.2) is 8.32 Å². The van der Waals surface area contributed by atoms with Crippen LogP contribution in [0.4, 0.5) is 0 Å². The Morgan fingerprint density at radius 3 is 2.06 bits per heavy atom. The molecule has 0 unspecified atom stereocenters. The minimum absolute atomic E-state index is 0.436. The lowest BCUT2D eigenvalue weighted by Gasteiger charge is -2.29. The van der Waals surface area contributed by atoms with Crippen molar-refractivity contribution < 1.29 is 9.53 Å². The van der Waals surface area contributed by atoms with E-state index in [9.17, 15) is 5.11 Å². The van der Waals surface area contributed by atoms with Gasteiger partial charge in [0.05, 0.1) is 6.61 Å². The SMILES string of the molecule is CC[Si](CC)(CC)OC[C@@H](O)c1ccccc1. The molecule has 0 amide bonds. The normalized spacial score (nSPS) is 13.6. The zero-order valence-electron chi connectivity index (χ0n) is 11.1. The number of rotatable bonds is 7. The molecule has 3 heteroatoms. The van der Waals surface area contributed by atoms with E-state index in [-0.39, 0.29) is 0 Å². The Hall–Kier alpha value is -0.643. The molecule has 0 fully saturated rings. The highest BCUT2D eigenvalue weighted by molar-refractivity contribution is 6.73. The number of aliphatic hydroxyl groups is 1. The number of aliphatic hydroxyl groups excluding tert-OH is 1. The molecule has 1 N–H and O–H groups in total. The maximum Gasteiger partial charge on any atom is 0.192 e. The van der Waals surface area contributed by atoms with E-state index in [0.717, 1.165) is 23.7 Å². The summed E-state index contributed by atoms with van der Waals surface area (Å²) >= 11 is 0. The van der Waals surface area contributed by atoms with Crippen LogP contribution in [0.15, 0.2) is 30.3 Å². The summed E-state index contributed by atoms with van der Waals surface area (Å²) in [7, 11) is -1.57. The molecular weight excluding hydrogens is 228 g/mol. The van der Waals surface area contributed by atoms with Crippen molar-refractivity contribution in [1.29, 1.82) is 0 Å². The molecule has 0 aliphatic heterocycles. The van der Waals surface area contributed by atoms with Gasteiger partial charge in [0.1, 0.15) is 6.10 Å². The van der Waals surface area contributed by atoms with Crippen molar-refractivity contribution >= 4 is 8.32 Å². The first-order chi connectivity index (χ1) is 8.17. The van der Waals surface area contributed by atoms with Crippen molar-refractivity contribution in [2.45, 2.75) is 45.0 Å². The van der Waals surface area contributed by atoms with Gasteiger partial charge < -0.3 is 9.53 Å². The fourth-order valence-electron chi connectivity index (χ4n) is 2.08. The summed E-state index contributed by atoms with van der Waals surface area (Å²) in [6.07, 6.45) is -0.493. The van der Waals surface area contributed by atoms with Crippen LogP contribution in [0.25, 0.3) is 0 Å². The number of hydrogen-bond donors (Lipinski definition) is 1. The highest BCUT2D eigenvalue weighted by Gasteiger charge is 2.29. The first-order valence-corrected chi connectivity index (χ1v) is 9.07. The van der Waals surface area contributed by atoms with Crippen molar-refractivity contribution in [2.24, 2.45) is 0 Å². The Bertz CT molecular complexity index is 301. The van der Waals surface area contributed by atoms with Gasteiger partial charge in [-0.2, -0.15) is 0 Å². The molecule has 0 heterocycles. The molecule has 1 aromatic carbocycles. The Balaban J connectivity index is 2.55. The van der Waals surface area contributed by atoms with E-state index in [1.807, 2.05) is 30.3 Å². The third kappa shape index (κ3) is 3.94. The average Bonchev–Trinajstić information content (AvgIpc) is 2.41. The van der Waals surface area contributed by atoms with Gasteiger partial charge in [-0.1, -0.05) is 51.1 Å². The third-order valence-electron chi connectivity index (χ3n) is 3.66. The van der Waals surface area contributed by atoms with Crippen LogP contribution in [0.2, 0.25) is 18.1 Å². The molecule has 17 heavy (non-hydrogen) atoms. The molecule has 0 spiro atoms. The summed E-state index contributed by atoms with van der Waals surface area (Å²) in [5.41, 5.74) is 0.943. The van der Waals surface area contributed by atoms with Crippen LogP contribution in [-0.4, -0.2) is 20.0 Å². The highest BCUT2D eigenvalue weighted by Crippen LogP contribution is 2.24. The van der Waals surface area contributed by atoms with E-state index in [0.29, 0.717) is 6.61 Å². The van der Waals surface area contributed by atoms with Crippen LogP contribution >= 0.6 is 0 Å². The van der Waals surface area contributed by atoms with Gasteiger partial charge in [-0.25, -0.2) is 0 Å². The third-order valence-corrected chi connectivity index (χ3v) is 8.31. The molecular formula is C14H24O2Si. The fourth-order valence-corrected chi connectivity index (χ4v) is 4.71. The summed E-state index contributed by atoms with van der Waals surface area (Å²) in [5.74, 6) is 0. The smallest absolute Gasteiger partial charge is 0.192 e. The zero-order valence-corrected chi connectivity index (χ0v) is 12.1. The molecule has 0 saturated heterocycles. The molecule has 2 nitrogen and oxygen atoms in total. The second-order valence-electron chi connectivity index (χ2n) is 4.48. The van der Waals surface area contributed by atoms with Crippen molar-refractivity contribution in [1.82, 2.24) is 0 Å². The van der Waals surface area contributed by atoms with Gasteiger partial charge in [0.2, 0.25) is 0 Å². The van der Waals surface area contributed by atoms with E-state index in [2.05, 4.69) is 20.8 Å². The maximum atomic E-state index is 10.1. The Kier molecular flexibility index (Phi) is 5.89. The first kappa shape index (κ1) is 14.4. The zero-order chi connectivity index (χ0) is 12.7. The van der Waals surface area contributed by atoms with E-state index < -0.39 is 14.4 Å². The second kappa shape index (κ2) is 6.94. The van der Waals surface area contributed by atoms with Crippen LogP contribution in [-0.2, 0) is 4.43 Å². The first-order valence-electron chi connectivity index (χ1n) is 6.54. The molecule has 1 aromatic rings. The Morgan fingerprint density at radius 1 is 1.06 bits per heavy atom. The van der Waals surface area contributed by atoms with E-state index in [4.69, 9.17) is 4.43 Å². The molecule has 0 aliphatic carbocycles. The Morgan fingerprint density at radius 2 is 1.59 bits per heavy atom. The van der Waals surface area contributed by atoms with Crippen LogP contribution < -0.4 is 0 Å². The van der Waals surface area contributed by atoms with Crippen LogP contribution in [0.3, 0.4) is 0 Å². The molecule has 96 valence electrons. The van der Waals surface area contributed by atoms with Crippen LogP contribution in [0.5, 0.6) is 0 Å². The summed E-state index contributed by atoms with van der Waals surface area (Å²) in [5, 5.41) is 10.1. The van der Waals surface area contributed by atoms with Gasteiger partial charge in [0, 0.05) is 0 Å². The van der Waals surface area contributed by atoms with Crippen molar-refractivity contribution in [2.75, 3.05) is 6.61 Å². The van der Waals surface area contributed by atoms with E-state index in [1.54, 1.807) is 0 Å². The van der Waals surface area contributed by atoms with Crippen molar-refractivity contribution in [3.63, 3.8) is 0 Å². The molecule has 1 atom stereocenters. The predicted molar refractivity (Wildman–Crippen MR) is 74.6 cm³/mol. The average molecular weight is 252 g/mol. The predicted octanol–water partition coefficient (Wildman–Crippen LogP) is 3.74. The molecule has 0 aliphatic rings. The molecule has 0 radical (unpaired) electrons. The van der Waals surface area contributed by atoms with Gasteiger partial charge >= 0.3 is 0 Å². The van der Waals surface area contributed by atoms with Crippen molar-refractivity contribution in [3.8, 4) is 0 Å². The molecule has 1 rings (SSSR count). The number of hydrogen-bond acceptors (Lipinski definition) is 2. The standard InChI is InChI=1S/C14H24O2Si/c1-4-17(5-2,6-3)16-12-14(15)13-10-8-7-9-11-13/h7-11,14-15H,4-6,12H2,1-3H3/t14-/m1/s1. The van der Waals surface area contributed by atoms with Gasteiger partial charge in [-0.3, -0.25) is 0 Å². The maximum absolute atomic E-state index is 10.1. The second-order valence-corrected chi connectivity index (χ2v) is 9.26. The summed E-state index contributed by atoms with van der Waals surface area (Å²) in [6, 6.07) is 13.1. The molecule has 0 bridgehead atoms. The number of benzene rings is 1. The highest BCUT2D eigenvalue weighted by atomic mass is 28.4. The van der Waals surface area contributed by atoms with Crippen LogP contribution in [0, 0.1) is 0 Å². The topological polar surface area (TPSA) is 29.5 Å². The van der Waals surface area contributed by atoms with Crippen molar-refractivity contribution in [3.05, 3.63) is 35.9 Å². The lowest BCUT2D eigenvalue weighted by Crippen LogP contribution is -2.37. The molecule has 0 saturated carbocycles. The monoisotopic (exact) mass is 252 g/mol. The van der Waals surface area contributed by atoms with Crippen LogP contribution in [0.1, 0.15) is 32.4 Å². The largest absolute Gasteiger partial charge is 0.414 e. The summed E-state index contributed by atoms with van der Waals surface area (Å²) in [6.45, 7) is 7.04. The summed E-state index contributed by atoms with van der Waals surface area (Å²) in [4.78, 5) is 0. The van der Waals surface area contributed by atoms with Gasteiger partial charge in [-0.05, 0) is 23.7 Å². The quantitative estimate of drug-likeness (QED) is 0.749. The fraction of sp³-hybridized carbons (Fsp3) is 0.571. The lowest BCUT2D eigenvalue weighted by atomic mass is 10.1. The van der Waals surface area contributed by atoms with E-state index >= 15 is 0 Å².